The summed E-state index contributed by atoms with van der Waals surface area (Å²) in [6.45, 7) is 1.63. The summed E-state index contributed by atoms with van der Waals surface area (Å²) in [6, 6.07) is 16.9. The van der Waals surface area contributed by atoms with Crippen LogP contribution < -0.4 is 23.8 Å². The van der Waals surface area contributed by atoms with E-state index in [4.69, 9.17) is 18.9 Å². The minimum absolute atomic E-state index is 0.162. The normalized spacial score (nSPS) is 16.9. The first-order valence-electron chi connectivity index (χ1n) is 9.40. The Bertz CT molecular complexity index is 1020. The molecule has 1 amide bonds. The van der Waals surface area contributed by atoms with Crippen molar-refractivity contribution in [3.8, 4) is 23.0 Å². The molecular formula is C22H19NO5S. The predicted molar refractivity (Wildman–Crippen MR) is 109 cm³/mol. The Balaban J connectivity index is 1.45. The van der Waals surface area contributed by atoms with E-state index in [-0.39, 0.29) is 12.5 Å². The van der Waals surface area contributed by atoms with Gasteiger partial charge in [-0.1, -0.05) is 18.2 Å². The largest absolute Gasteiger partial charge is 0.486 e. The van der Waals surface area contributed by atoms with Crippen molar-refractivity contribution < 1.29 is 23.7 Å². The van der Waals surface area contributed by atoms with Crippen LogP contribution in [0.15, 0.2) is 60.0 Å². The minimum Gasteiger partial charge on any atom is -0.486 e. The SMILES string of the molecule is O=C([C@H]1COc2ccccc2O1)N(Cc1cccs1)c1ccc2c(c1)OCCO2. The van der Waals surface area contributed by atoms with Gasteiger partial charge in [-0.05, 0) is 35.7 Å². The Morgan fingerprint density at radius 3 is 2.55 bits per heavy atom. The van der Waals surface area contributed by atoms with E-state index in [1.54, 1.807) is 16.2 Å². The highest BCUT2D eigenvalue weighted by molar-refractivity contribution is 7.09. The van der Waals surface area contributed by atoms with Crippen LogP contribution in [0.4, 0.5) is 5.69 Å². The second-order valence-corrected chi connectivity index (χ2v) is 7.73. The zero-order chi connectivity index (χ0) is 19.6. The molecule has 2 aliphatic heterocycles. The summed E-state index contributed by atoms with van der Waals surface area (Å²) in [7, 11) is 0. The fourth-order valence-electron chi connectivity index (χ4n) is 3.37. The maximum Gasteiger partial charge on any atom is 0.272 e. The van der Waals surface area contributed by atoms with Gasteiger partial charge in [-0.3, -0.25) is 4.79 Å². The van der Waals surface area contributed by atoms with Crippen molar-refractivity contribution in [3.05, 3.63) is 64.9 Å². The number of ether oxygens (including phenoxy) is 4. The smallest absolute Gasteiger partial charge is 0.272 e. The first kappa shape index (κ1) is 17.9. The third kappa shape index (κ3) is 3.61. The molecule has 2 aliphatic rings. The van der Waals surface area contributed by atoms with Crippen LogP contribution >= 0.6 is 11.3 Å². The summed E-state index contributed by atoms with van der Waals surface area (Å²) in [5.41, 5.74) is 0.732. The minimum atomic E-state index is -0.724. The lowest BCUT2D eigenvalue weighted by Gasteiger charge is -2.31. The highest BCUT2D eigenvalue weighted by Crippen LogP contribution is 2.36. The van der Waals surface area contributed by atoms with Gasteiger partial charge in [0.2, 0.25) is 6.10 Å². The third-order valence-electron chi connectivity index (χ3n) is 4.78. The molecule has 6 nitrogen and oxygen atoms in total. The summed E-state index contributed by atoms with van der Waals surface area (Å²) < 4.78 is 23.0. The Morgan fingerprint density at radius 2 is 1.72 bits per heavy atom. The van der Waals surface area contributed by atoms with Crippen LogP contribution in [-0.2, 0) is 11.3 Å². The van der Waals surface area contributed by atoms with Crippen molar-refractivity contribution in [1.29, 1.82) is 0 Å². The van der Waals surface area contributed by atoms with Crippen molar-refractivity contribution in [1.82, 2.24) is 0 Å². The van der Waals surface area contributed by atoms with Crippen molar-refractivity contribution in [3.63, 3.8) is 0 Å². The van der Waals surface area contributed by atoms with Crippen molar-refractivity contribution in [2.75, 3.05) is 24.7 Å². The van der Waals surface area contributed by atoms with Gasteiger partial charge in [0.15, 0.2) is 23.0 Å². The molecule has 29 heavy (non-hydrogen) atoms. The number of benzene rings is 2. The van der Waals surface area contributed by atoms with Crippen LogP contribution in [0.3, 0.4) is 0 Å². The van der Waals surface area contributed by atoms with Gasteiger partial charge in [0.05, 0.1) is 6.54 Å². The van der Waals surface area contributed by atoms with Gasteiger partial charge in [-0.15, -0.1) is 11.3 Å². The molecule has 0 radical (unpaired) electrons. The Morgan fingerprint density at radius 1 is 0.931 bits per heavy atom. The maximum atomic E-state index is 13.5. The average molecular weight is 409 g/mol. The second-order valence-electron chi connectivity index (χ2n) is 6.70. The first-order valence-corrected chi connectivity index (χ1v) is 10.3. The molecule has 0 bridgehead atoms. The zero-order valence-corrected chi connectivity index (χ0v) is 16.4. The quantitative estimate of drug-likeness (QED) is 0.654. The van der Waals surface area contributed by atoms with E-state index in [1.807, 2.05) is 60.0 Å². The van der Waals surface area contributed by atoms with E-state index in [1.165, 1.54) is 0 Å². The number of carbonyl (C=O) groups excluding carboxylic acids is 1. The number of para-hydroxylation sites is 2. The predicted octanol–water partition coefficient (Wildman–Crippen LogP) is 3.89. The van der Waals surface area contributed by atoms with E-state index in [2.05, 4.69) is 0 Å². The van der Waals surface area contributed by atoms with E-state index in [0.29, 0.717) is 42.8 Å². The summed E-state index contributed by atoms with van der Waals surface area (Å²) in [5.74, 6) is 2.40. The number of hydrogen-bond acceptors (Lipinski definition) is 6. The summed E-state index contributed by atoms with van der Waals surface area (Å²) in [6.07, 6.45) is -0.724. The number of nitrogens with zero attached hydrogens (tertiary/aromatic N) is 1. The van der Waals surface area contributed by atoms with Crippen LogP contribution in [-0.4, -0.2) is 31.8 Å². The summed E-state index contributed by atoms with van der Waals surface area (Å²) in [4.78, 5) is 16.2. The molecule has 0 N–H and O–H groups in total. The van der Waals surface area contributed by atoms with Crippen LogP contribution in [0.25, 0.3) is 0 Å². The lowest BCUT2D eigenvalue weighted by Crippen LogP contribution is -2.46. The Labute approximate surface area is 172 Å². The van der Waals surface area contributed by atoms with Gasteiger partial charge in [-0.2, -0.15) is 0 Å². The molecule has 0 spiro atoms. The number of rotatable bonds is 4. The average Bonchev–Trinajstić information content (AvgIpc) is 3.30. The molecule has 3 heterocycles. The van der Waals surface area contributed by atoms with Crippen LogP contribution in [0, 0.1) is 0 Å². The van der Waals surface area contributed by atoms with E-state index in [9.17, 15) is 4.79 Å². The molecule has 3 aromatic rings. The number of carbonyl (C=O) groups is 1. The molecule has 7 heteroatoms. The topological polar surface area (TPSA) is 57.2 Å². The molecule has 5 rings (SSSR count). The van der Waals surface area contributed by atoms with Gasteiger partial charge in [0.1, 0.15) is 19.8 Å². The van der Waals surface area contributed by atoms with E-state index >= 15 is 0 Å². The number of fused-ring (bicyclic) bond motifs is 2. The lowest BCUT2D eigenvalue weighted by molar-refractivity contribution is -0.127. The number of anilines is 1. The molecule has 0 saturated carbocycles. The lowest BCUT2D eigenvalue weighted by atomic mass is 10.2. The Hall–Kier alpha value is -3.19. The molecule has 0 aliphatic carbocycles. The summed E-state index contributed by atoms with van der Waals surface area (Å²) in [5, 5.41) is 2.00. The molecule has 148 valence electrons. The summed E-state index contributed by atoms with van der Waals surface area (Å²) >= 11 is 1.61. The first-order chi connectivity index (χ1) is 14.3. The fraction of sp³-hybridized carbons (Fsp3) is 0.227. The highest BCUT2D eigenvalue weighted by Gasteiger charge is 2.32. The third-order valence-corrected chi connectivity index (χ3v) is 5.64. The second kappa shape index (κ2) is 7.67. The maximum absolute atomic E-state index is 13.5. The Kier molecular flexibility index (Phi) is 4.73. The van der Waals surface area contributed by atoms with Crippen LogP contribution in [0.1, 0.15) is 4.88 Å². The van der Waals surface area contributed by atoms with Gasteiger partial charge in [0.25, 0.3) is 5.91 Å². The van der Waals surface area contributed by atoms with Gasteiger partial charge < -0.3 is 23.8 Å². The fourth-order valence-corrected chi connectivity index (χ4v) is 4.06. The molecular weight excluding hydrogens is 390 g/mol. The highest BCUT2D eigenvalue weighted by atomic mass is 32.1. The van der Waals surface area contributed by atoms with E-state index < -0.39 is 6.10 Å². The van der Waals surface area contributed by atoms with Crippen LogP contribution in [0.2, 0.25) is 0 Å². The molecule has 0 fully saturated rings. The molecule has 1 aromatic heterocycles. The molecule has 1 atom stereocenters. The monoisotopic (exact) mass is 409 g/mol. The van der Waals surface area contributed by atoms with Crippen LogP contribution in [0.5, 0.6) is 23.0 Å². The standard InChI is InChI=1S/C22H19NO5S/c24-22(21-14-27-17-5-1-2-6-19(17)28-21)23(13-16-4-3-11-29-16)15-7-8-18-20(12-15)26-10-9-25-18/h1-8,11-12,21H,9-10,13-14H2/t21-/m1/s1. The molecule has 2 aromatic carbocycles. The number of amides is 1. The number of hydrogen-bond donors (Lipinski definition) is 0. The van der Waals surface area contributed by atoms with Crippen molar-refractivity contribution >= 4 is 22.9 Å². The van der Waals surface area contributed by atoms with Gasteiger partial charge >= 0.3 is 0 Å². The van der Waals surface area contributed by atoms with Crippen molar-refractivity contribution in [2.45, 2.75) is 12.6 Å². The molecule has 0 unspecified atom stereocenters. The van der Waals surface area contributed by atoms with Gasteiger partial charge in [0, 0.05) is 16.6 Å². The van der Waals surface area contributed by atoms with Gasteiger partial charge in [-0.25, -0.2) is 0 Å². The van der Waals surface area contributed by atoms with Crippen molar-refractivity contribution in [2.24, 2.45) is 0 Å². The zero-order valence-electron chi connectivity index (χ0n) is 15.6. The number of thiophene rings is 1. The van der Waals surface area contributed by atoms with E-state index in [0.717, 1.165) is 10.6 Å². The molecule has 0 saturated heterocycles.